The summed E-state index contributed by atoms with van der Waals surface area (Å²) in [5.41, 5.74) is 6.58. The van der Waals surface area contributed by atoms with Crippen LogP contribution in [0.15, 0.2) is 18.3 Å². The van der Waals surface area contributed by atoms with Crippen LogP contribution in [0.3, 0.4) is 0 Å². The van der Waals surface area contributed by atoms with Gasteiger partial charge in [-0.1, -0.05) is 28.1 Å². The normalized spacial score (nSPS) is 10.7. The first kappa shape index (κ1) is 11.0. The average molecular weight is 257 g/mol. The highest BCUT2D eigenvalue weighted by atomic mass is 79.9. The molecule has 1 aromatic heterocycles. The van der Waals surface area contributed by atoms with Crippen molar-refractivity contribution in [2.45, 2.75) is 6.42 Å². The van der Waals surface area contributed by atoms with Gasteiger partial charge in [0.1, 0.15) is 0 Å². The Morgan fingerprint density at radius 2 is 2.43 bits per heavy atom. The molecule has 0 saturated carbocycles. The number of alkyl halides is 1. The second-order valence-corrected chi connectivity index (χ2v) is 3.53. The van der Waals surface area contributed by atoms with Gasteiger partial charge in [0.15, 0.2) is 11.6 Å². The number of anilines is 1. The van der Waals surface area contributed by atoms with Crippen LogP contribution in [0.1, 0.15) is 12.0 Å². The lowest BCUT2D eigenvalue weighted by Gasteiger charge is -2.03. The van der Waals surface area contributed by atoms with E-state index in [1.807, 2.05) is 12.1 Å². The van der Waals surface area contributed by atoms with Crippen molar-refractivity contribution in [2.24, 2.45) is 0 Å². The summed E-state index contributed by atoms with van der Waals surface area (Å²) in [5.74, 6) is 1.04. The summed E-state index contributed by atoms with van der Waals surface area (Å²) in [5, 5.41) is 0.961. The van der Waals surface area contributed by atoms with Crippen molar-refractivity contribution in [1.82, 2.24) is 4.98 Å². The van der Waals surface area contributed by atoms with Gasteiger partial charge in [-0.2, -0.15) is 0 Å². The maximum atomic E-state index is 5.59. The number of hydrogen-bond donors (Lipinski definition) is 1. The van der Waals surface area contributed by atoms with E-state index in [4.69, 9.17) is 10.5 Å². The van der Waals surface area contributed by atoms with Crippen molar-refractivity contribution < 1.29 is 4.74 Å². The molecule has 4 heteroatoms. The molecule has 0 aliphatic rings. The molecule has 0 aliphatic heterocycles. The van der Waals surface area contributed by atoms with E-state index in [0.29, 0.717) is 11.6 Å². The van der Waals surface area contributed by atoms with Crippen LogP contribution in [-0.4, -0.2) is 17.4 Å². The summed E-state index contributed by atoms with van der Waals surface area (Å²) in [6.45, 7) is 0. The Bertz CT molecular complexity index is 326. The van der Waals surface area contributed by atoms with Gasteiger partial charge in [-0.3, -0.25) is 0 Å². The number of pyridine rings is 1. The van der Waals surface area contributed by atoms with E-state index in [0.717, 1.165) is 17.3 Å². The molecule has 0 aliphatic carbocycles. The van der Waals surface area contributed by atoms with Crippen molar-refractivity contribution in [3.63, 3.8) is 0 Å². The molecule has 0 spiro atoms. The molecule has 0 bridgehead atoms. The molecule has 0 unspecified atom stereocenters. The topological polar surface area (TPSA) is 48.1 Å². The zero-order chi connectivity index (χ0) is 10.4. The third-order valence-corrected chi connectivity index (χ3v) is 2.17. The molecule has 0 atom stereocenters. The predicted octanol–water partition coefficient (Wildman–Crippen LogP) is 2.47. The minimum absolute atomic E-state index is 0.421. The number of allylic oxidation sites excluding steroid dienone is 1. The fourth-order valence-electron chi connectivity index (χ4n) is 1.01. The predicted molar refractivity (Wildman–Crippen MR) is 62.6 cm³/mol. The van der Waals surface area contributed by atoms with Crippen molar-refractivity contribution in [2.75, 3.05) is 18.2 Å². The van der Waals surface area contributed by atoms with Gasteiger partial charge in [0.2, 0.25) is 0 Å². The summed E-state index contributed by atoms with van der Waals surface area (Å²) in [7, 11) is 1.58. The molecule has 3 nitrogen and oxygen atoms in total. The van der Waals surface area contributed by atoms with Gasteiger partial charge in [0.05, 0.1) is 7.11 Å². The molecule has 0 fully saturated rings. The van der Waals surface area contributed by atoms with Gasteiger partial charge in [-0.15, -0.1) is 0 Å². The highest BCUT2D eigenvalue weighted by Gasteiger charge is 1.99. The van der Waals surface area contributed by atoms with E-state index in [2.05, 4.69) is 27.0 Å². The molecule has 76 valence electrons. The summed E-state index contributed by atoms with van der Waals surface area (Å²) in [4.78, 5) is 4.02. The summed E-state index contributed by atoms with van der Waals surface area (Å²) < 4.78 is 5.06. The number of nitrogens with two attached hydrogens (primary N) is 1. The van der Waals surface area contributed by atoms with Crippen LogP contribution < -0.4 is 10.5 Å². The van der Waals surface area contributed by atoms with Crippen LogP contribution in [-0.2, 0) is 0 Å². The van der Waals surface area contributed by atoms with Crippen LogP contribution in [0.25, 0.3) is 6.08 Å². The molecule has 1 heterocycles. The third-order valence-electron chi connectivity index (χ3n) is 1.71. The van der Waals surface area contributed by atoms with Crippen LogP contribution in [0.5, 0.6) is 5.75 Å². The minimum atomic E-state index is 0.421. The number of nitrogen functional groups attached to an aromatic ring is 1. The Kier molecular flexibility index (Phi) is 4.46. The average Bonchev–Trinajstić information content (AvgIpc) is 2.21. The van der Waals surface area contributed by atoms with Crippen molar-refractivity contribution in [3.05, 3.63) is 23.9 Å². The third kappa shape index (κ3) is 3.03. The van der Waals surface area contributed by atoms with E-state index in [-0.39, 0.29) is 0 Å². The molecule has 0 radical (unpaired) electrons. The highest BCUT2D eigenvalue weighted by molar-refractivity contribution is 9.09. The van der Waals surface area contributed by atoms with E-state index in [1.54, 1.807) is 13.3 Å². The van der Waals surface area contributed by atoms with Crippen molar-refractivity contribution in [3.8, 4) is 5.75 Å². The van der Waals surface area contributed by atoms with E-state index in [1.165, 1.54) is 0 Å². The zero-order valence-corrected chi connectivity index (χ0v) is 9.62. The lowest BCUT2D eigenvalue weighted by molar-refractivity contribution is 0.415. The smallest absolute Gasteiger partial charge is 0.166 e. The number of ether oxygens (including phenoxy) is 1. The number of halogens is 1. The van der Waals surface area contributed by atoms with Crippen LogP contribution in [0.4, 0.5) is 5.82 Å². The Balaban J connectivity index is 2.79. The van der Waals surface area contributed by atoms with Gasteiger partial charge in [0.25, 0.3) is 0 Å². The molecule has 0 amide bonds. The van der Waals surface area contributed by atoms with E-state index in [9.17, 15) is 0 Å². The summed E-state index contributed by atoms with van der Waals surface area (Å²) in [6.07, 6.45) is 6.78. The number of methoxy groups -OCH3 is 1. The quantitative estimate of drug-likeness (QED) is 0.843. The van der Waals surface area contributed by atoms with Crippen LogP contribution >= 0.6 is 15.9 Å². The maximum Gasteiger partial charge on any atom is 0.166 e. The SMILES string of the molecule is COc1cc(C=CCCBr)cnc1N. The molecule has 1 aromatic rings. The van der Waals surface area contributed by atoms with Gasteiger partial charge in [-0.25, -0.2) is 4.98 Å². The lowest BCUT2D eigenvalue weighted by atomic mass is 10.2. The second-order valence-electron chi connectivity index (χ2n) is 2.74. The van der Waals surface area contributed by atoms with Crippen LogP contribution in [0, 0.1) is 0 Å². The summed E-state index contributed by atoms with van der Waals surface area (Å²) >= 11 is 3.35. The van der Waals surface area contributed by atoms with Gasteiger partial charge >= 0.3 is 0 Å². The zero-order valence-electron chi connectivity index (χ0n) is 8.03. The highest BCUT2D eigenvalue weighted by Crippen LogP contribution is 2.19. The maximum absolute atomic E-state index is 5.59. The van der Waals surface area contributed by atoms with Gasteiger partial charge < -0.3 is 10.5 Å². The monoisotopic (exact) mass is 256 g/mol. The number of aromatic nitrogens is 1. The van der Waals surface area contributed by atoms with Gasteiger partial charge in [-0.05, 0) is 18.1 Å². The largest absolute Gasteiger partial charge is 0.493 e. The fourth-order valence-corrected chi connectivity index (χ4v) is 1.27. The Hall–Kier alpha value is -1.03. The Morgan fingerprint density at radius 3 is 3.07 bits per heavy atom. The molecule has 2 N–H and O–H groups in total. The first-order valence-electron chi connectivity index (χ1n) is 4.30. The minimum Gasteiger partial charge on any atom is -0.493 e. The Labute approximate surface area is 92.1 Å². The fraction of sp³-hybridized carbons (Fsp3) is 0.300. The second kappa shape index (κ2) is 5.65. The van der Waals surface area contributed by atoms with E-state index < -0.39 is 0 Å². The van der Waals surface area contributed by atoms with Crippen LogP contribution in [0.2, 0.25) is 0 Å². The molecule has 0 saturated heterocycles. The molecular weight excluding hydrogens is 244 g/mol. The first-order chi connectivity index (χ1) is 6.77. The number of rotatable bonds is 4. The molecule has 0 aromatic carbocycles. The molecular formula is C10H13BrN2O. The standard InChI is InChI=1S/C10H13BrN2O/c1-14-9-6-8(4-2-3-5-11)7-13-10(9)12/h2,4,6-7H,3,5H2,1H3,(H2,12,13). The number of nitrogens with zero attached hydrogens (tertiary/aromatic N) is 1. The Morgan fingerprint density at radius 1 is 1.64 bits per heavy atom. The van der Waals surface area contributed by atoms with Crippen molar-refractivity contribution >= 4 is 27.8 Å². The summed E-state index contributed by atoms with van der Waals surface area (Å²) in [6, 6.07) is 1.87. The number of hydrogen-bond acceptors (Lipinski definition) is 3. The van der Waals surface area contributed by atoms with Crippen molar-refractivity contribution in [1.29, 1.82) is 0 Å². The molecule has 1 rings (SSSR count). The first-order valence-corrected chi connectivity index (χ1v) is 5.42. The van der Waals surface area contributed by atoms with E-state index >= 15 is 0 Å². The van der Waals surface area contributed by atoms with Gasteiger partial charge in [0, 0.05) is 11.5 Å². The molecule has 14 heavy (non-hydrogen) atoms. The lowest BCUT2D eigenvalue weighted by Crippen LogP contribution is -1.95.